The molecule has 0 aliphatic heterocycles. The highest BCUT2D eigenvalue weighted by Crippen LogP contribution is 2.13. The first-order valence-corrected chi connectivity index (χ1v) is 5.66. The number of anilines is 1. The molecule has 0 bridgehead atoms. The van der Waals surface area contributed by atoms with Crippen molar-refractivity contribution in [3.8, 4) is 0 Å². The molecule has 0 unspecified atom stereocenters. The third kappa shape index (κ3) is 3.08. The zero-order valence-electron chi connectivity index (χ0n) is 9.95. The van der Waals surface area contributed by atoms with E-state index in [2.05, 4.69) is 15.5 Å². The minimum atomic E-state index is -0.552. The van der Waals surface area contributed by atoms with Crippen LogP contribution in [0.5, 0.6) is 0 Å². The Hall–Kier alpha value is -2.41. The van der Waals surface area contributed by atoms with Gasteiger partial charge >= 0.3 is 5.95 Å². The fourth-order valence-corrected chi connectivity index (χ4v) is 1.53. The Bertz CT molecular complexity index is 621. The maximum absolute atomic E-state index is 10.6. The van der Waals surface area contributed by atoms with E-state index in [9.17, 15) is 10.1 Å². The minimum Gasteiger partial charge on any atom is -0.390 e. The summed E-state index contributed by atoms with van der Waals surface area (Å²) in [5.41, 5.74) is 4.07. The van der Waals surface area contributed by atoms with Crippen LogP contribution in [0.3, 0.4) is 0 Å². The van der Waals surface area contributed by atoms with E-state index < -0.39 is 4.92 Å². The van der Waals surface area contributed by atoms with Gasteiger partial charge in [-0.1, -0.05) is 16.6 Å². The smallest absolute Gasteiger partial charge is 0.390 e. The molecule has 0 spiro atoms. The Morgan fingerprint density at radius 2 is 2.16 bits per heavy atom. The van der Waals surface area contributed by atoms with E-state index in [1.54, 1.807) is 31.3 Å². The average molecular weight is 280 g/mol. The zero-order chi connectivity index (χ0) is 13.8. The molecule has 0 aliphatic carbocycles. The van der Waals surface area contributed by atoms with Crippen molar-refractivity contribution in [2.75, 3.05) is 5.43 Å². The number of rotatable bonds is 4. The van der Waals surface area contributed by atoms with Gasteiger partial charge in [0.2, 0.25) is 0 Å². The van der Waals surface area contributed by atoms with Gasteiger partial charge in [0.15, 0.2) is 5.69 Å². The number of nitrogens with zero attached hydrogens (tertiary/aromatic N) is 4. The van der Waals surface area contributed by atoms with Crippen LogP contribution in [0, 0.1) is 10.1 Å². The third-order valence-electron chi connectivity index (χ3n) is 2.40. The lowest BCUT2D eigenvalue weighted by Gasteiger charge is -1.99. The third-order valence-corrected chi connectivity index (χ3v) is 2.65. The van der Waals surface area contributed by atoms with Gasteiger partial charge in [0.05, 0.1) is 18.9 Å². The summed E-state index contributed by atoms with van der Waals surface area (Å²) in [7, 11) is 1.55. The quantitative estimate of drug-likeness (QED) is 0.529. The highest BCUT2D eigenvalue weighted by atomic mass is 35.5. The maximum Gasteiger partial charge on any atom is 0.434 e. The Labute approximate surface area is 113 Å². The average Bonchev–Trinajstić information content (AvgIpc) is 2.74. The number of imidazole rings is 1. The summed E-state index contributed by atoms with van der Waals surface area (Å²) < 4.78 is 1.34. The van der Waals surface area contributed by atoms with E-state index in [-0.39, 0.29) is 5.95 Å². The van der Waals surface area contributed by atoms with Gasteiger partial charge in [0.1, 0.15) is 6.20 Å². The molecule has 1 aromatic carbocycles. The van der Waals surface area contributed by atoms with Crippen molar-refractivity contribution in [3.63, 3.8) is 0 Å². The van der Waals surface area contributed by atoms with E-state index >= 15 is 0 Å². The number of benzene rings is 1. The van der Waals surface area contributed by atoms with E-state index in [4.69, 9.17) is 11.6 Å². The Morgan fingerprint density at radius 1 is 1.47 bits per heavy atom. The van der Waals surface area contributed by atoms with Crippen molar-refractivity contribution >= 4 is 29.5 Å². The molecule has 0 radical (unpaired) electrons. The molecular weight excluding hydrogens is 270 g/mol. The molecular formula is C11H10ClN5O2. The molecule has 19 heavy (non-hydrogen) atoms. The fourth-order valence-electron chi connectivity index (χ4n) is 1.40. The van der Waals surface area contributed by atoms with Crippen LogP contribution >= 0.6 is 11.6 Å². The monoisotopic (exact) mass is 279 g/mol. The second kappa shape index (κ2) is 5.49. The molecule has 0 atom stereocenters. The van der Waals surface area contributed by atoms with Crippen molar-refractivity contribution in [1.82, 2.24) is 9.55 Å². The van der Waals surface area contributed by atoms with Gasteiger partial charge in [0, 0.05) is 5.02 Å². The standard InChI is InChI=1S/C11H10ClN5O2/c1-16-10(6-13-11(16)17(18)19)7-14-15-9-4-2-8(12)3-5-9/h2-7,15H,1H3/b14-7+. The molecule has 98 valence electrons. The predicted octanol–water partition coefficient (Wildman–Crippen LogP) is 2.43. The number of hydrazone groups is 1. The minimum absolute atomic E-state index is 0.229. The molecule has 2 aromatic rings. The SMILES string of the molecule is Cn1c(/C=N/Nc2ccc(Cl)cc2)cnc1[N+](=O)[O-]. The summed E-state index contributed by atoms with van der Waals surface area (Å²) in [6.45, 7) is 0. The summed E-state index contributed by atoms with van der Waals surface area (Å²) in [5.74, 6) is -0.229. The second-order valence-corrected chi connectivity index (χ2v) is 4.11. The van der Waals surface area contributed by atoms with Gasteiger partial charge in [-0.3, -0.25) is 5.43 Å². The molecule has 0 aliphatic rings. The van der Waals surface area contributed by atoms with Gasteiger partial charge in [-0.05, 0) is 29.2 Å². The molecule has 7 nitrogen and oxygen atoms in total. The van der Waals surface area contributed by atoms with Crippen molar-refractivity contribution in [2.24, 2.45) is 12.1 Å². The molecule has 1 N–H and O–H groups in total. The Morgan fingerprint density at radius 3 is 2.74 bits per heavy atom. The van der Waals surface area contributed by atoms with Crippen molar-refractivity contribution in [2.45, 2.75) is 0 Å². The van der Waals surface area contributed by atoms with Crippen LogP contribution in [-0.2, 0) is 7.05 Å². The lowest BCUT2D eigenvalue weighted by atomic mass is 10.3. The van der Waals surface area contributed by atoms with Gasteiger partial charge in [-0.2, -0.15) is 5.10 Å². The lowest BCUT2D eigenvalue weighted by molar-refractivity contribution is -0.396. The Kier molecular flexibility index (Phi) is 3.76. The van der Waals surface area contributed by atoms with Crippen LogP contribution in [0.25, 0.3) is 0 Å². The molecule has 0 saturated heterocycles. The van der Waals surface area contributed by atoms with Crippen LogP contribution < -0.4 is 5.43 Å². The normalized spacial score (nSPS) is 10.8. The molecule has 8 heteroatoms. The zero-order valence-corrected chi connectivity index (χ0v) is 10.7. The second-order valence-electron chi connectivity index (χ2n) is 3.68. The van der Waals surface area contributed by atoms with Crippen molar-refractivity contribution in [1.29, 1.82) is 0 Å². The molecule has 1 aromatic heterocycles. The van der Waals surface area contributed by atoms with Crippen LogP contribution in [0.2, 0.25) is 5.02 Å². The van der Waals surface area contributed by atoms with Crippen LogP contribution in [0.15, 0.2) is 35.6 Å². The highest BCUT2D eigenvalue weighted by molar-refractivity contribution is 6.30. The predicted molar refractivity (Wildman–Crippen MR) is 72.5 cm³/mol. The van der Waals surface area contributed by atoms with Gasteiger partial charge in [-0.25, -0.2) is 4.57 Å². The first-order chi connectivity index (χ1) is 9.08. The number of aromatic nitrogens is 2. The number of halogens is 1. The van der Waals surface area contributed by atoms with Crippen molar-refractivity contribution < 1.29 is 4.92 Å². The van der Waals surface area contributed by atoms with Gasteiger partial charge < -0.3 is 10.1 Å². The van der Waals surface area contributed by atoms with E-state index in [1.165, 1.54) is 17.0 Å². The molecule has 0 saturated carbocycles. The summed E-state index contributed by atoms with van der Waals surface area (Å²) >= 11 is 5.75. The van der Waals surface area contributed by atoms with E-state index in [1.807, 2.05) is 0 Å². The summed E-state index contributed by atoms with van der Waals surface area (Å²) in [6.07, 6.45) is 2.83. The van der Waals surface area contributed by atoms with Crippen LogP contribution in [0.4, 0.5) is 11.6 Å². The molecule has 1 heterocycles. The number of hydrogen-bond donors (Lipinski definition) is 1. The first kappa shape index (κ1) is 13.0. The van der Waals surface area contributed by atoms with Gasteiger partial charge in [-0.15, -0.1) is 0 Å². The van der Waals surface area contributed by atoms with E-state index in [0.717, 1.165) is 5.69 Å². The first-order valence-electron chi connectivity index (χ1n) is 5.28. The summed E-state index contributed by atoms with van der Waals surface area (Å²) in [5, 5.41) is 15.2. The number of hydrogen-bond acceptors (Lipinski definition) is 5. The number of nitrogens with one attached hydrogen (secondary N) is 1. The summed E-state index contributed by atoms with van der Waals surface area (Å²) in [6, 6.07) is 7.00. The van der Waals surface area contributed by atoms with Crippen LogP contribution in [-0.4, -0.2) is 20.7 Å². The largest absolute Gasteiger partial charge is 0.434 e. The van der Waals surface area contributed by atoms with E-state index in [0.29, 0.717) is 10.7 Å². The van der Waals surface area contributed by atoms with Crippen molar-refractivity contribution in [3.05, 3.63) is 51.3 Å². The molecule has 0 amide bonds. The Balaban J connectivity index is 2.07. The fraction of sp³-hybridized carbons (Fsp3) is 0.0909. The molecule has 0 fully saturated rings. The number of nitro groups is 1. The van der Waals surface area contributed by atoms with Crippen LogP contribution in [0.1, 0.15) is 5.69 Å². The topological polar surface area (TPSA) is 85.3 Å². The maximum atomic E-state index is 10.6. The lowest BCUT2D eigenvalue weighted by Crippen LogP contribution is -2.02. The summed E-state index contributed by atoms with van der Waals surface area (Å²) in [4.78, 5) is 13.7. The molecule has 2 rings (SSSR count). The van der Waals surface area contributed by atoms with Gasteiger partial charge in [0.25, 0.3) is 0 Å². The highest BCUT2D eigenvalue weighted by Gasteiger charge is 2.15.